The number of anilines is 1. The summed E-state index contributed by atoms with van der Waals surface area (Å²) < 4.78 is 0. The first-order valence-corrected chi connectivity index (χ1v) is 6.33. The number of carbonyl (C=O) groups is 1. The number of hydrogen-bond acceptors (Lipinski definition) is 4. The number of nitrogens with zero attached hydrogens (tertiary/aromatic N) is 3. The summed E-state index contributed by atoms with van der Waals surface area (Å²) in [5.41, 5.74) is 0.867. The standard InChI is InChI=1S/C12H19ClN4O/c1-5-14-9(18)6-17(4)12-10(8(2)3)11(13)15-7-16-12/h7-8H,5-6H2,1-4H3,(H,14,18). The molecule has 0 aromatic carbocycles. The van der Waals surface area contributed by atoms with Gasteiger partial charge in [0.1, 0.15) is 17.3 Å². The Morgan fingerprint density at radius 2 is 2.17 bits per heavy atom. The van der Waals surface area contributed by atoms with Crippen LogP contribution in [-0.2, 0) is 4.79 Å². The third-order valence-electron chi connectivity index (χ3n) is 2.51. The van der Waals surface area contributed by atoms with Crippen molar-refractivity contribution in [2.24, 2.45) is 0 Å². The molecule has 18 heavy (non-hydrogen) atoms. The Labute approximate surface area is 113 Å². The molecule has 1 N–H and O–H groups in total. The summed E-state index contributed by atoms with van der Waals surface area (Å²) in [4.78, 5) is 21.6. The molecule has 1 heterocycles. The minimum atomic E-state index is -0.0376. The number of carbonyl (C=O) groups excluding carboxylic acids is 1. The molecule has 1 aromatic heterocycles. The van der Waals surface area contributed by atoms with Crippen molar-refractivity contribution >= 4 is 23.3 Å². The van der Waals surface area contributed by atoms with Crippen LogP contribution in [0.3, 0.4) is 0 Å². The van der Waals surface area contributed by atoms with Crippen LogP contribution < -0.4 is 10.2 Å². The van der Waals surface area contributed by atoms with Crippen LogP contribution in [-0.4, -0.2) is 36.0 Å². The molecule has 0 aliphatic rings. The minimum Gasteiger partial charge on any atom is -0.355 e. The van der Waals surface area contributed by atoms with E-state index in [1.54, 1.807) is 4.90 Å². The zero-order chi connectivity index (χ0) is 13.7. The summed E-state index contributed by atoms with van der Waals surface area (Å²) in [7, 11) is 1.82. The fraction of sp³-hybridized carbons (Fsp3) is 0.583. The van der Waals surface area contributed by atoms with E-state index >= 15 is 0 Å². The monoisotopic (exact) mass is 270 g/mol. The normalized spacial score (nSPS) is 10.6. The predicted octanol–water partition coefficient (Wildman–Crippen LogP) is 1.83. The Hall–Kier alpha value is -1.36. The lowest BCUT2D eigenvalue weighted by Gasteiger charge is -2.22. The molecule has 0 saturated carbocycles. The van der Waals surface area contributed by atoms with E-state index in [1.807, 2.05) is 27.8 Å². The Kier molecular flexibility index (Phi) is 5.34. The SMILES string of the molecule is CCNC(=O)CN(C)c1ncnc(Cl)c1C(C)C. The number of halogens is 1. The zero-order valence-electron chi connectivity index (χ0n) is 11.2. The first-order chi connectivity index (χ1) is 8.47. The highest BCUT2D eigenvalue weighted by atomic mass is 35.5. The van der Waals surface area contributed by atoms with E-state index in [0.29, 0.717) is 17.5 Å². The smallest absolute Gasteiger partial charge is 0.239 e. The maximum atomic E-state index is 11.6. The van der Waals surface area contributed by atoms with Gasteiger partial charge in [-0.25, -0.2) is 9.97 Å². The molecule has 0 aliphatic carbocycles. The molecule has 0 saturated heterocycles. The maximum absolute atomic E-state index is 11.6. The van der Waals surface area contributed by atoms with Gasteiger partial charge in [0, 0.05) is 19.2 Å². The molecule has 0 fully saturated rings. The van der Waals surface area contributed by atoms with Crippen LogP contribution in [0.25, 0.3) is 0 Å². The van der Waals surface area contributed by atoms with Gasteiger partial charge >= 0.3 is 0 Å². The highest BCUT2D eigenvalue weighted by Gasteiger charge is 2.18. The lowest BCUT2D eigenvalue weighted by atomic mass is 10.1. The Morgan fingerprint density at radius 1 is 1.50 bits per heavy atom. The third kappa shape index (κ3) is 3.57. The molecule has 1 rings (SSSR count). The number of rotatable bonds is 5. The highest BCUT2D eigenvalue weighted by Crippen LogP contribution is 2.29. The Balaban J connectivity index is 2.95. The summed E-state index contributed by atoms with van der Waals surface area (Å²) in [5.74, 6) is 0.867. The fourth-order valence-electron chi connectivity index (χ4n) is 1.71. The van der Waals surface area contributed by atoms with Gasteiger partial charge in [-0.1, -0.05) is 25.4 Å². The van der Waals surface area contributed by atoms with Crippen molar-refractivity contribution in [3.8, 4) is 0 Å². The molecule has 5 nitrogen and oxygen atoms in total. The van der Waals surface area contributed by atoms with E-state index in [1.165, 1.54) is 6.33 Å². The topological polar surface area (TPSA) is 58.1 Å². The lowest BCUT2D eigenvalue weighted by molar-refractivity contribution is -0.119. The average Bonchev–Trinajstić information content (AvgIpc) is 2.28. The lowest BCUT2D eigenvalue weighted by Crippen LogP contribution is -2.35. The van der Waals surface area contributed by atoms with Gasteiger partial charge in [-0.2, -0.15) is 0 Å². The quantitative estimate of drug-likeness (QED) is 0.830. The van der Waals surface area contributed by atoms with Gasteiger partial charge in [0.25, 0.3) is 0 Å². The minimum absolute atomic E-state index is 0.0376. The third-order valence-corrected chi connectivity index (χ3v) is 2.81. The molecular weight excluding hydrogens is 252 g/mol. The Bertz CT molecular complexity index is 423. The largest absolute Gasteiger partial charge is 0.355 e. The zero-order valence-corrected chi connectivity index (χ0v) is 12.0. The molecule has 0 unspecified atom stereocenters. The first-order valence-electron chi connectivity index (χ1n) is 5.95. The summed E-state index contributed by atoms with van der Waals surface area (Å²) in [6.07, 6.45) is 1.41. The molecule has 1 aromatic rings. The first kappa shape index (κ1) is 14.7. The van der Waals surface area contributed by atoms with Crippen molar-refractivity contribution in [1.29, 1.82) is 0 Å². The molecule has 6 heteroatoms. The second kappa shape index (κ2) is 6.54. The summed E-state index contributed by atoms with van der Waals surface area (Å²) >= 11 is 6.09. The number of hydrogen-bond donors (Lipinski definition) is 1. The molecule has 0 atom stereocenters. The van der Waals surface area contributed by atoms with E-state index in [-0.39, 0.29) is 18.4 Å². The fourth-order valence-corrected chi connectivity index (χ4v) is 2.06. The van der Waals surface area contributed by atoms with Crippen molar-refractivity contribution in [2.75, 3.05) is 25.0 Å². The number of nitrogens with one attached hydrogen (secondary N) is 1. The summed E-state index contributed by atoms with van der Waals surface area (Å²) in [5, 5.41) is 3.19. The van der Waals surface area contributed by atoms with Crippen LogP contribution in [0.15, 0.2) is 6.33 Å². The van der Waals surface area contributed by atoms with E-state index in [4.69, 9.17) is 11.6 Å². The van der Waals surface area contributed by atoms with Crippen molar-refractivity contribution in [2.45, 2.75) is 26.7 Å². The van der Waals surface area contributed by atoms with Gasteiger partial charge in [0.05, 0.1) is 6.54 Å². The average molecular weight is 271 g/mol. The van der Waals surface area contributed by atoms with Crippen LogP contribution in [0.1, 0.15) is 32.3 Å². The van der Waals surface area contributed by atoms with Crippen LogP contribution in [0.2, 0.25) is 5.15 Å². The van der Waals surface area contributed by atoms with Crippen molar-refractivity contribution in [1.82, 2.24) is 15.3 Å². The van der Waals surface area contributed by atoms with Gasteiger partial charge in [0.15, 0.2) is 0 Å². The van der Waals surface area contributed by atoms with Gasteiger partial charge in [-0.05, 0) is 12.8 Å². The van der Waals surface area contributed by atoms with Gasteiger partial charge < -0.3 is 10.2 Å². The second-order valence-electron chi connectivity index (χ2n) is 4.37. The van der Waals surface area contributed by atoms with E-state index in [2.05, 4.69) is 15.3 Å². The number of amides is 1. The van der Waals surface area contributed by atoms with Gasteiger partial charge in [-0.3, -0.25) is 4.79 Å². The van der Waals surface area contributed by atoms with Crippen molar-refractivity contribution in [3.05, 3.63) is 17.0 Å². The van der Waals surface area contributed by atoms with Crippen LogP contribution >= 0.6 is 11.6 Å². The van der Waals surface area contributed by atoms with Crippen molar-refractivity contribution in [3.63, 3.8) is 0 Å². The molecular formula is C12H19ClN4O. The molecule has 0 spiro atoms. The van der Waals surface area contributed by atoms with Gasteiger partial charge in [-0.15, -0.1) is 0 Å². The highest BCUT2D eigenvalue weighted by molar-refractivity contribution is 6.30. The second-order valence-corrected chi connectivity index (χ2v) is 4.72. The number of aromatic nitrogens is 2. The van der Waals surface area contributed by atoms with E-state index < -0.39 is 0 Å². The summed E-state index contributed by atoms with van der Waals surface area (Å²) in [6.45, 7) is 6.80. The maximum Gasteiger partial charge on any atom is 0.239 e. The molecule has 0 radical (unpaired) electrons. The molecule has 1 amide bonds. The molecule has 0 bridgehead atoms. The van der Waals surface area contributed by atoms with Crippen molar-refractivity contribution < 1.29 is 4.79 Å². The van der Waals surface area contributed by atoms with E-state index in [9.17, 15) is 4.79 Å². The van der Waals surface area contributed by atoms with Crippen LogP contribution in [0, 0.1) is 0 Å². The Morgan fingerprint density at radius 3 is 2.72 bits per heavy atom. The van der Waals surface area contributed by atoms with Crippen LogP contribution in [0.5, 0.6) is 0 Å². The summed E-state index contributed by atoms with van der Waals surface area (Å²) in [6, 6.07) is 0. The molecule has 0 aliphatic heterocycles. The van der Waals surface area contributed by atoms with E-state index in [0.717, 1.165) is 5.56 Å². The molecule has 100 valence electrons. The number of likely N-dealkylation sites (N-methyl/N-ethyl adjacent to an activating group) is 2. The van der Waals surface area contributed by atoms with Gasteiger partial charge in [0.2, 0.25) is 5.91 Å². The predicted molar refractivity (Wildman–Crippen MR) is 73.1 cm³/mol. The van der Waals surface area contributed by atoms with Crippen LogP contribution in [0.4, 0.5) is 5.82 Å².